The summed E-state index contributed by atoms with van der Waals surface area (Å²) in [4.78, 5) is 12.5. The second kappa shape index (κ2) is 40.5. The molecular formula is C45H91NO5. The van der Waals surface area contributed by atoms with Crippen molar-refractivity contribution in [2.24, 2.45) is 0 Å². The fourth-order valence-corrected chi connectivity index (χ4v) is 7.41. The van der Waals surface area contributed by atoms with Gasteiger partial charge in [0.15, 0.2) is 0 Å². The first-order chi connectivity index (χ1) is 25.0. The van der Waals surface area contributed by atoms with Crippen molar-refractivity contribution in [2.45, 2.75) is 276 Å². The van der Waals surface area contributed by atoms with E-state index in [1.807, 2.05) is 0 Å². The number of carbonyl (C=O) groups excluding carboxylic acids is 1. The molecule has 0 radical (unpaired) electrons. The molecule has 0 saturated carbocycles. The predicted octanol–water partition coefficient (Wildman–Crippen LogP) is 12.0. The number of carbonyl (C=O) groups is 1. The Morgan fingerprint density at radius 3 is 0.941 bits per heavy atom. The standard InChI is InChI=1S/C45H91NO5/c1-3-5-7-9-11-13-15-17-19-21-23-24-26-28-30-32-34-36-38-42(48)44(50)41(40-47)46-45(51)43(49)39-37-35-33-31-29-27-25-22-20-18-16-14-12-10-8-6-4-2/h41-44,47-50H,3-40H2,1-2H3,(H,46,51). The van der Waals surface area contributed by atoms with Crippen LogP contribution in [0.2, 0.25) is 0 Å². The highest BCUT2D eigenvalue weighted by Gasteiger charge is 2.28. The summed E-state index contributed by atoms with van der Waals surface area (Å²) in [6.07, 6.45) is 42.7. The molecule has 0 heterocycles. The van der Waals surface area contributed by atoms with Crippen LogP contribution in [-0.4, -0.2) is 57.3 Å². The van der Waals surface area contributed by atoms with Gasteiger partial charge in [-0.3, -0.25) is 4.79 Å². The van der Waals surface area contributed by atoms with Gasteiger partial charge in [0.05, 0.1) is 18.8 Å². The van der Waals surface area contributed by atoms with Gasteiger partial charge in [-0.25, -0.2) is 0 Å². The molecular weight excluding hydrogens is 634 g/mol. The molecule has 5 N–H and O–H groups in total. The van der Waals surface area contributed by atoms with E-state index in [4.69, 9.17) is 0 Å². The normalized spacial score (nSPS) is 14.1. The zero-order chi connectivity index (χ0) is 37.5. The Balaban J connectivity index is 3.68. The van der Waals surface area contributed by atoms with Crippen molar-refractivity contribution in [3.63, 3.8) is 0 Å². The molecule has 0 aliphatic heterocycles. The Morgan fingerprint density at radius 2 is 0.667 bits per heavy atom. The molecule has 4 unspecified atom stereocenters. The van der Waals surface area contributed by atoms with E-state index >= 15 is 0 Å². The third-order valence-corrected chi connectivity index (χ3v) is 11.1. The maximum atomic E-state index is 12.5. The van der Waals surface area contributed by atoms with E-state index in [0.29, 0.717) is 12.8 Å². The monoisotopic (exact) mass is 726 g/mol. The van der Waals surface area contributed by atoms with E-state index < -0.39 is 36.9 Å². The highest BCUT2D eigenvalue weighted by molar-refractivity contribution is 5.80. The highest BCUT2D eigenvalue weighted by Crippen LogP contribution is 2.17. The quantitative estimate of drug-likeness (QED) is 0.0402. The number of nitrogens with one attached hydrogen (secondary N) is 1. The average Bonchev–Trinajstić information content (AvgIpc) is 3.13. The van der Waals surface area contributed by atoms with Crippen molar-refractivity contribution < 1.29 is 25.2 Å². The summed E-state index contributed by atoms with van der Waals surface area (Å²) in [6.45, 7) is 4.07. The zero-order valence-electron chi connectivity index (χ0n) is 34.4. The lowest BCUT2D eigenvalue weighted by Crippen LogP contribution is -2.53. The minimum Gasteiger partial charge on any atom is -0.394 e. The van der Waals surface area contributed by atoms with E-state index in [-0.39, 0.29) is 0 Å². The maximum Gasteiger partial charge on any atom is 0.249 e. The van der Waals surface area contributed by atoms with E-state index in [1.165, 1.54) is 186 Å². The van der Waals surface area contributed by atoms with Crippen molar-refractivity contribution in [1.82, 2.24) is 5.32 Å². The van der Waals surface area contributed by atoms with Crippen molar-refractivity contribution in [3.8, 4) is 0 Å². The van der Waals surface area contributed by atoms with Crippen LogP contribution in [0.5, 0.6) is 0 Å². The van der Waals surface area contributed by atoms with Gasteiger partial charge < -0.3 is 25.7 Å². The molecule has 0 saturated heterocycles. The summed E-state index contributed by atoms with van der Waals surface area (Å²) in [6, 6.07) is -0.978. The summed E-state index contributed by atoms with van der Waals surface area (Å²) >= 11 is 0. The minimum atomic E-state index is -1.25. The summed E-state index contributed by atoms with van der Waals surface area (Å²) < 4.78 is 0. The van der Waals surface area contributed by atoms with Gasteiger partial charge in [-0.05, 0) is 12.8 Å². The SMILES string of the molecule is CCCCCCCCCCCCCCCCCCCCC(O)C(O)C(CO)NC(=O)C(O)CCCCCCCCCCCCCCCCCCC. The van der Waals surface area contributed by atoms with Gasteiger partial charge in [-0.2, -0.15) is 0 Å². The molecule has 1 amide bonds. The molecule has 0 aromatic carbocycles. The first-order valence-electron chi connectivity index (χ1n) is 22.9. The van der Waals surface area contributed by atoms with Gasteiger partial charge in [-0.15, -0.1) is 0 Å². The van der Waals surface area contributed by atoms with Crippen LogP contribution in [0.1, 0.15) is 251 Å². The Kier molecular flexibility index (Phi) is 39.9. The van der Waals surface area contributed by atoms with Gasteiger partial charge in [0.1, 0.15) is 12.2 Å². The van der Waals surface area contributed by atoms with Crippen molar-refractivity contribution >= 4 is 5.91 Å². The lowest BCUT2D eigenvalue weighted by molar-refractivity contribution is -0.132. The van der Waals surface area contributed by atoms with Gasteiger partial charge in [0, 0.05) is 0 Å². The molecule has 306 valence electrons. The van der Waals surface area contributed by atoms with Crippen LogP contribution in [0.15, 0.2) is 0 Å². The molecule has 0 rings (SSSR count). The van der Waals surface area contributed by atoms with Crippen molar-refractivity contribution in [3.05, 3.63) is 0 Å². The van der Waals surface area contributed by atoms with Crippen LogP contribution >= 0.6 is 0 Å². The average molecular weight is 726 g/mol. The molecule has 6 heteroatoms. The Labute approximate surface area is 318 Å². The van der Waals surface area contributed by atoms with Gasteiger partial charge >= 0.3 is 0 Å². The van der Waals surface area contributed by atoms with Crippen LogP contribution in [0.25, 0.3) is 0 Å². The number of hydrogen-bond donors (Lipinski definition) is 5. The molecule has 0 aliphatic carbocycles. The molecule has 0 aromatic heterocycles. The molecule has 0 spiro atoms. The van der Waals surface area contributed by atoms with Crippen LogP contribution in [0.3, 0.4) is 0 Å². The molecule has 0 fully saturated rings. The Morgan fingerprint density at radius 1 is 0.412 bits per heavy atom. The summed E-state index contributed by atoms with van der Waals surface area (Å²) in [5, 5.41) is 43.8. The second-order valence-corrected chi connectivity index (χ2v) is 16.1. The van der Waals surface area contributed by atoms with Crippen LogP contribution < -0.4 is 5.32 Å². The van der Waals surface area contributed by atoms with Crippen LogP contribution in [-0.2, 0) is 4.79 Å². The largest absolute Gasteiger partial charge is 0.394 e. The number of amides is 1. The van der Waals surface area contributed by atoms with Crippen molar-refractivity contribution in [2.75, 3.05) is 6.61 Å². The van der Waals surface area contributed by atoms with Gasteiger partial charge in [0.2, 0.25) is 5.91 Å². The first-order valence-corrected chi connectivity index (χ1v) is 22.9. The molecule has 51 heavy (non-hydrogen) atoms. The number of hydrogen-bond acceptors (Lipinski definition) is 5. The summed E-state index contributed by atoms with van der Waals surface area (Å²) in [7, 11) is 0. The molecule has 6 nitrogen and oxygen atoms in total. The summed E-state index contributed by atoms with van der Waals surface area (Å²) in [5.41, 5.74) is 0. The predicted molar refractivity (Wildman–Crippen MR) is 219 cm³/mol. The van der Waals surface area contributed by atoms with Crippen LogP contribution in [0.4, 0.5) is 0 Å². The molecule has 0 aliphatic rings. The second-order valence-electron chi connectivity index (χ2n) is 16.1. The third kappa shape index (κ3) is 34.8. The topological polar surface area (TPSA) is 110 Å². The first kappa shape index (κ1) is 50.3. The van der Waals surface area contributed by atoms with Gasteiger partial charge in [0.25, 0.3) is 0 Å². The number of aliphatic hydroxyl groups is 4. The Hall–Kier alpha value is -0.690. The third-order valence-electron chi connectivity index (χ3n) is 11.1. The van der Waals surface area contributed by atoms with Crippen LogP contribution in [0, 0.1) is 0 Å². The van der Waals surface area contributed by atoms with E-state index in [2.05, 4.69) is 19.2 Å². The molecule has 0 aromatic rings. The van der Waals surface area contributed by atoms with E-state index in [9.17, 15) is 25.2 Å². The fourth-order valence-electron chi connectivity index (χ4n) is 7.41. The highest BCUT2D eigenvalue weighted by atomic mass is 16.3. The maximum absolute atomic E-state index is 12.5. The smallest absolute Gasteiger partial charge is 0.249 e. The Bertz CT molecular complexity index is 692. The van der Waals surface area contributed by atoms with Gasteiger partial charge in [-0.1, -0.05) is 239 Å². The molecule has 0 bridgehead atoms. The lowest BCUT2D eigenvalue weighted by Gasteiger charge is -2.27. The summed E-state index contributed by atoms with van der Waals surface area (Å²) in [5.74, 6) is -0.579. The molecule has 4 atom stereocenters. The number of rotatable bonds is 42. The van der Waals surface area contributed by atoms with E-state index in [0.717, 1.165) is 38.5 Å². The zero-order valence-corrected chi connectivity index (χ0v) is 34.4. The van der Waals surface area contributed by atoms with Crippen molar-refractivity contribution in [1.29, 1.82) is 0 Å². The number of unbranched alkanes of at least 4 members (excludes halogenated alkanes) is 33. The minimum absolute atomic E-state index is 0.376. The lowest BCUT2D eigenvalue weighted by atomic mass is 9.99. The van der Waals surface area contributed by atoms with E-state index in [1.54, 1.807) is 0 Å². The fraction of sp³-hybridized carbons (Fsp3) is 0.978. The number of aliphatic hydroxyl groups excluding tert-OH is 4.